The molecule has 1 aliphatic heterocycles. The van der Waals surface area contributed by atoms with Gasteiger partial charge in [0, 0.05) is 51.3 Å². The molecular formula is C23H32N4O4. The second kappa shape index (κ2) is 10.9. The Hall–Kier alpha value is -2.26. The predicted molar refractivity (Wildman–Crippen MR) is 120 cm³/mol. The van der Waals surface area contributed by atoms with Gasteiger partial charge in [0.05, 0.1) is 37.1 Å². The summed E-state index contributed by atoms with van der Waals surface area (Å²) in [5.74, 6) is 2.42. The van der Waals surface area contributed by atoms with E-state index >= 15 is 0 Å². The normalized spacial score (nSPS) is 15.2. The summed E-state index contributed by atoms with van der Waals surface area (Å²) in [6, 6.07) is 6.06. The smallest absolute Gasteiger partial charge is 0.121 e. The van der Waals surface area contributed by atoms with E-state index in [-0.39, 0.29) is 0 Å². The summed E-state index contributed by atoms with van der Waals surface area (Å²) in [5.41, 5.74) is 8.40. The van der Waals surface area contributed by atoms with Gasteiger partial charge in [-0.3, -0.25) is 4.98 Å². The average Bonchev–Trinajstić information content (AvgIpc) is 3.15. The molecule has 3 aromatic rings. The summed E-state index contributed by atoms with van der Waals surface area (Å²) in [6.07, 6.45) is 4.80. The Morgan fingerprint density at radius 1 is 1.13 bits per heavy atom. The summed E-state index contributed by atoms with van der Waals surface area (Å²) in [7, 11) is 1.73. The van der Waals surface area contributed by atoms with Crippen LogP contribution in [0.4, 0.5) is 0 Å². The molecule has 2 N–H and O–H groups in total. The van der Waals surface area contributed by atoms with Gasteiger partial charge in [0.2, 0.25) is 0 Å². The Bertz CT molecular complexity index is 985. The SMILES string of the molecule is COCCc1nc2cnc3cc(OCCOCCN)ccc3c2n1CC1CCOCC1. The van der Waals surface area contributed by atoms with Crippen LogP contribution in [-0.2, 0) is 27.2 Å². The van der Waals surface area contributed by atoms with Crippen molar-refractivity contribution in [3.63, 3.8) is 0 Å². The van der Waals surface area contributed by atoms with E-state index in [2.05, 4.69) is 15.6 Å². The first-order chi connectivity index (χ1) is 15.3. The number of hydrogen-bond donors (Lipinski definition) is 1. The van der Waals surface area contributed by atoms with Crippen molar-refractivity contribution in [1.29, 1.82) is 0 Å². The van der Waals surface area contributed by atoms with Crippen LogP contribution in [0.2, 0.25) is 0 Å². The van der Waals surface area contributed by atoms with Crippen molar-refractivity contribution in [2.24, 2.45) is 11.7 Å². The predicted octanol–water partition coefficient (Wildman–Crippen LogP) is 2.55. The molecule has 0 atom stereocenters. The first-order valence-corrected chi connectivity index (χ1v) is 11.1. The molecule has 1 aromatic carbocycles. The first kappa shape index (κ1) is 22.0. The molecule has 0 unspecified atom stereocenters. The lowest BCUT2D eigenvalue weighted by atomic mass is 10.00. The molecule has 3 heterocycles. The zero-order valence-electron chi connectivity index (χ0n) is 18.2. The van der Waals surface area contributed by atoms with Gasteiger partial charge in [-0.05, 0) is 30.9 Å². The van der Waals surface area contributed by atoms with Crippen LogP contribution in [0.3, 0.4) is 0 Å². The molecule has 0 radical (unpaired) electrons. The molecule has 0 spiro atoms. The van der Waals surface area contributed by atoms with E-state index in [1.54, 1.807) is 7.11 Å². The molecule has 0 aliphatic carbocycles. The van der Waals surface area contributed by atoms with Gasteiger partial charge in [0.15, 0.2) is 0 Å². The van der Waals surface area contributed by atoms with Gasteiger partial charge in [-0.25, -0.2) is 4.98 Å². The number of benzene rings is 1. The molecule has 4 rings (SSSR count). The highest BCUT2D eigenvalue weighted by Gasteiger charge is 2.20. The molecule has 168 valence electrons. The second-order valence-electron chi connectivity index (χ2n) is 7.86. The zero-order valence-corrected chi connectivity index (χ0v) is 18.2. The van der Waals surface area contributed by atoms with E-state index in [4.69, 9.17) is 29.7 Å². The number of methoxy groups -OCH3 is 1. The van der Waals surface area contributed by atoms with Crippen molar-refractivity contribution in [3.8, 4) is 5.75 Å². The van der Waals surface area contributed by atoms with Crippen LogP contribution in [0.5, 0.6) is 5.75 Å². The van der Waals surface area contributed by atoms with E-state index < -0.39 is 0 Å². The number of hydrogen-bond acceptors (Lipinski definition) is 7. The first-order valence-electron chi connectivity index (χ1n) is 11.1. The molecule has 0 bridgehead atoms. The van der Waals surface area contributed by atoms with E-state index in [1.165, 1.54) is 0 Å². The topological polar surface area (TPSA) is 93.7 Å². The van der Waals surface area contributed by atoms with Gasteiger partial charge in [0.1, 0.15) is 23.7 Å². The van der Waals surface area contributed by atoms with Crippen LogP contribution < -0.4 is 10.5 Å². The number of nitrogens with zero attached hydrogens (tertiary/aromatic N) is 3. The van der Waals surface area contributed by atoms with Gasteiger partial charge >= 0.3 is 0 Å². The molecule has 8 heteroatoms. The largest absolute Gasteiger partial charge is 0.491 e. The molecule has 31 heavy (non-hydrogen) atoms. The molecule has 1 fully saturated rings. The van der Waals surface area contributed by atoms with Crippen molar-refractivity contribution in [2.75, 3.05) is 53.3 Å². The highest BCUT2D eigenvalue weighted by molar-refractivity contribution is 6.02. The van der Waals surface area contributed by atoms with Crippen LogP contribution >= 0.6 is 0 Å². The Balaban J connectivity index is 1.63. The highest BCUT2D eigenvalue weighted by Crippen LogP contribution is 2.30. The third-order valence-electron chi connectivity index (χ3n) is 5.69. The zero-order chi connectivity index (χ0) is 21.5. The lowest BCUT2D eigenvalue weighted by molar-refractivity contribution is 0.0612. The number of pyridine rings is 1. The summed E-state index contributed by atoms with van der Waals surface area (Å²) >= 11 is 0. The lowest BCUT2D eigenvalue weighted by Gasteiger charge is -2.23. The minimum absolute atomic E-state index is 0.483. The third-order valence-corrected chi connectivity index (χ3v) is 5.69. The van der Waals surface area contributed by atoms with E-state index in [1.807, 2.05) is 18.3 Å². The summed E-state index contributed by atoms with van der Waals surface area (Å²) in [5, 5.41) is 1.09. The fourth-order valence-corrected chi connectivity index (χ4v) is 4.10. The second-order valence-corrected chi connectivity index (χ2v) is 7.86. The van der Waals surface area contributed by atoms with Crippen molar-refractivity contribution >= 4 is 21.9 Å². The molecule has 2 aromatic heterocycles. The summed E-state index contributed by atoms with van der Waals surface area (Å²) in [6.45, 7) is 5.32. The molecular weight excluding hydrogens is 396 g/mol. The van der Waals surface area contributed by atoms with Crippen LogP contribution in [0, 0.1) is 5.92 Å². The number of ether oxygens (including phenoxy) is 4. The van der Waals surface area contributed by atoms with Crippen LogP contribution in [0.15, 0.2) is 24.4 Å². The standard InChI is InChI=1S/C23H32N4O4/c1-28-8-6-22-26-21-15-25-20-14-18(31-13-12-30-11-7-24)2-3-19(20)23(21)27(22)16-17-4-9-29-10-5-17/h2-3,14-15,17H,4-13,16,24H2,1H3. The maximum atomic E-state index is 5.82. The number of nitrogens with two attached hydrogens (primary N) is 1. The number of imidazole rings is 1. The minimum atomic E-state index is 0.483. The monoisotopic (exact) mass is 428 g/mol. The Morgan fingerprint density at radius 3 is 2.81 bits per heavy atom. The highest BCUT2D eigenvalue weighted by atomic mass is 16.5. The van der Waals surface area contributed by atoms with Crippen LogP contribution in [0.25, 0.3) is 21.9 Å². The molecule has 0 amide bonds. The molecule has 1 saturated heterocycles. The maximum Gasteiger partial charge on any atom is 0.121 e. The van der Waals surface area contributed by atoms with Gasteiger partial charge in [-0.1, -0.05) is 0 Å². The van der Waals surface area contributed by atoms with Crippen LogP contribution in [0.1, 0.15) is 18.7 Å². The third kappa shape index (κ3) is 5.33. The van der Waals surface area contributed by atoms with Gasteiger partial charge in [0.25, 0.3) is 0 Å². The fraction of sp³-hybridized carbons (Fsp3) is 0.565. The van der Waals surface area contributed by atoms with E-state index in [0.717, 1.165) is 72.5 Å². The Morgan fingerprint density at radius 2 is 2.00 bits per heavy atom. The molecule has 8 nitrogen and oxygen atoms in total. The van der Waals surface area contributed by atoms with E-state index in [9.17, 15) is 0 Å². The van der Waals surface area contributed by atoms with Crippen molar-refractivity contribution in [1.82, 2.24) is 14.5 Å². The van der Waals surface area contributed by atoms with Gasteiger partial charge < -0.3 is 29.2 Å². The summed E-state index contributed by atoms with van der Waals surface area (Å²) in [4.78, 5) is 9.55. The molecule has 0 saturated carbocycles. The van der Waals surface area contributed by atoms with Gasteiger partial charge in [-0.15, -0.1) is 0 Å². The van der Waals surface area contributed by atoms with E-state index in [0.29, 0.717) is 38.9 Å². The van der Waals surface area contributed by atoms with Crippen molar-refractivity contribution in [2.45, 2.75) is 25.8 Å². The minimum Gasteiger partial charge on any atom is -0.491 e. The Kier molecular flexibility index (Phi) is 7.69. The summed E-state index contributed by atoms with van der Waals surface area (Å²) < 4.78 is 24.5. The number of rotatable bonds is 11. The average molecular weight is 429 g/mol. The van der Waals surface area contributed by atoms with Crippen LogP contribution in [-0.4, -0.2) is 67.8 Å². The van der Waals surface area contributed by atoms with Gasteiger partial charge in [-0.2, -0.15) is 0 Å². The number of aromatic nitrogens is 3. The lowest BCUT2D eigenvalue weighted by Crippen LogP contribution is -2.21. The molecule has 1 aliphatic rings. The van der Waals surface area contributed by atoms with Crippen molar-refractivity contribution in [3.05, 3.63) is 30.2 Å². The Labute approximate surface area is 182 Å². The quantitative estimate of drug-likeness (QED) is 0.469. The maximum absolute atomic E-state index is 5.82. The number of fused-ring (bicyclic) bond motifs is 3. The van der Waals surface area contributed by atoms with Crippen molar-refractivity contribution < 1.29 is 18.9 Å². The fourth-order valence-electron chi connectivity index (χ4n) is 4.10.